The number of hydrogen-bond donors (Lipinski definition) is 1. The van der Waals surface area contributed by atoms with E-state index in [9.17, 15) is 9.59 Å². The smallest absolute Gasteiger partial charge is 0.258 e. The van der Waals surface area contributed by atoms with Gasteiger partial charge in [-0.15, -0.1) is 0 Å². The fourth-order valence-corrected chi connectivity index (χ4v) is 3.33. The molecule has 0 aromatic heterocycles. The van der Waals surface area contributed by atoms with Crippen molar-refractivity contribution in [3.8, 4) is 5.75 Å². The Morgan fingerprint density at radius 2 is 1.79 bits per heavy atom. The Morgan fingerprint density at radius 1 is 1.07 bits per heavy atom. The summed E-state index contributed by atoms with van der Waals surface area (Å²) in [6.07, 6.45) is 0. The second kappa shape index (κ2) is 9.46. The topological polar surface area (TPSA) is 61.9 Å². The molecule has 0 saturated carbocycles. The maximum Gasteiger partial charge on any atom is 0.258 e. The van der Waals surface area contributed by atoms with E-state index in [0.717, 1.165) is 24.3 Å². The fourth-order valence-electron chi connectivity index (χ4n) is 3.11. The number of amides is 2. The van der Waals surface area contributed by atoms with Crippen molar-refractivity contribution in [2.75, 3.05) is 44.2 Å². The Bertz CT molecular complexity index is 821. The summed E-state index contributed by atoms with van der Waals surface area (Å²) in [7, 11) is 0. The first-order chi connectivity index (χ1) is 13.5. The quantitative estimate of drug-likeness (QED) is 0.807. The summed E-state index contributed by atoms with van der Waals surface area (Å²) in [6, 6.07) is 15.4. The second-order valence-corrected chi connectivity index (χ2v) is 7.12. The van der Waals surface area contributed by atoms with Crippen LogP contribution in [0.25, 0.3) is 0 Å². The van der Waals surface area contributed by atoms with Gasteiger partial charge in [-0.05, 0) is 42.8 Å². The predicted octanol–water partition coefficient (Wildman–Crippen LogP) is 2.49. The van der Waals surface area contributed by atoms with Crippen molar-refractivity contribution in [3.63, 3.8) is 0 Å². The highest BCUT2D eigenvalue weighted by Crippen LogP contribution is 2.21. The number of carbonyl (C=O) groups excluding carboxylic acids is 2. The first kappa shape index (κ1) is 20.0. The first-order valence-corrected chi connectivity index (χ1v) is 9.64. The molecule has 6 nitrogen and oxygen atoms in total. The molecule has 0 aliphatic carbocycles. The third kappa shape index (κ3) is 5.39. The normalized spacial score (nSPS) is 13.9. The monoisotopic (exact) mass is 401 g/mol. The van der Waals surface area contributed by atoms with E-state index in [4.69, 9.17) is 16.3 Å². The molecule has 28 heavy (non-hydrogen) atoms. The van der Waals surface area contributed by atoms with Crippen molar-refractivity contribution in [3.05, 3.63) is 59.1 Å². The van der Waals surface area contributed by atoms with Crippen molar-refractivity contribution in [2.45, 2.75) is 6.92 Å². The van der Waals surface area contributed by atoms with Gasteiger partial charge in [0.2, 0.25) is 5.91 Å². The predicted molar refractivity (Wildman–Crippen MR) is 110 cm³/mol. The second-order valence-electron chi connectivity index (χ2n) is 6.68. The number of halogens is 1. The molecule has 0 spiro atoms. The minimum atomic E-state index is -0.328. The summed E-state index contributed by atoms with van der Waals surface area (Å²) in [4.78, 5) is 28.4. The van der Waals surface area contributed by atoms with Crippen LogP contribution in [0.2, 0.25) is 5.02 Å². The number of benzene rings is 2. The van der Waals surface area contributed by atoms with Crippen LogP contribution in [-0.2, 0) is 9.59 Å². The molecule has 148 valence electrons. The van der Waals surface area contributed by atoms with Gasteiger partial charge in [-0.2, -0.15) is 0 Å². The fraction of sp³-hybridized carbons (Fsp3) is 0.333. The Kier molecular flexibility index (Phi) is 6.76. The Labute approximate surface area is 170 Å². The molecule has 2 aromatic carbocycles. The number of anilines is 1. The number of aryl methyl sites for hydroxylation is 1. The molecule has 0 atom stereocenters. The number of rotatable bonds is 6. The van der Waals surface area contributed by atoms with E-state index in [1.54, 1.807) is 23.1 Å². The molecule has 1 N–H and O–H groups in total. The molecule has 1 fully saturated rings. The van der Waals surface area contributed by atoms with Crippen LogP contribution >= 0.6 is 11.6 Å². The van der Waals surface area contributed by atoms with Crippen LogP contribution in [0.5, 0.6) is 5.75 Å². The van der Waals surface area contributed by atoms with Crippen molar-refractivity contribution < 1.29 is 14.3 Å². The lowest BCUT2D eigenvalue weighted by atomic mass is 10.2. The van der Waals surface area contributed by atoms with E-state index < -0.39 is 0 Å². The molecular formula is C21H24ClN3O3. The van der Waals surface area contributed by atoms with Crippen molar-refractivity contribution in [1.82, 2.24) is 10.2 Å². The summed E-state index contributed by atoms with van der Waals surface area (Å²) in [5, 5.41) is 3.25. The maximum absolute atomic E-state index is 12.3. The highest BCUT2D eigenvalue weighted by molar-refractivity contribution is 6.30. The highest BCUT2D eigenvalue weighted by Gasteiger charge is 2.21. The number of carbonyl (C=O) groups is 2. The molecule has 1 aliphatic rings. The van der Waals surface area contributed by atoms with Gasteiger partial charge in [-0.25, -0.2) is 0 Å². The van der Waals surface area contributed by atoms with E-state index in [1.807, 2.05) is 25.1 Å². The third-order valence-electron chi connectivity index (χ3n) is 4.69. The number of nitrogens with one attached hydrogen (secondary N) is 1. The number of piperazine rings is 1. The zero-order valence-electron chi connectivity index (χ0n) is 15.9. The van der Waals surface area contributed by atoms with Crippen molar-refractivity contribution in [1.29, 1.82) is 0 Å². The van der Waals surface area contributed by atoms with Crippen LogP contribution in [0.15, 0.2) is 48.5 Å². The summed E-state index contributed by atoms with van der Waals surface area (Å²) >= 11 is 5.90. The van der Waals surface area contributed by atoms with Gasteiger partial charge in [0.15, 0.2) is 6.61 Å². The number of ether oxygens (including phenoxy) is 1. The molecule has 7 heteroatoms. The largest absolute Gasteiger partial charge is 0.484 e. The van der Waals surface area contributed by atoms with E-state index >= 15 is 0 Å². The molecule has 0 bridgehead atoms. The van der Waals surface area contributed by atoms with Crippen LogP contribution in [-0.4, -0.2) is 56.0 Å². The van der Waals surface area contributed by atoms with E-state index in [-0.39, 0.29) is 25.0 Å². The lowest BCUT2D eigenvalue weighted by Crippen LogP contribution is -2.51. The van der Waals surface area contributed by atoms with Crippen LogP contribution in [0.3, 0.4) is 0 Å². The SMILES string of the molecule is Cc1cc(Cl)ccc1OCC(=O)NCC(=O)N1CCN(c2ccccc2)CC1. The Balaban J connectivity index is 1.39. The standard InChI is InChI=1S/C21H24ClN3O3/c1-16-13-17(22)7-8-19(16)28-15-20(26)23-14-21(27)25-11-9-24(10-12-25)18-5-3-2-4-6-18/h2-8,13H,9-12,14-15H2,1H3,(H,23,26). The van der Waals surface area contributed by atoms with Gasteiger partial charge in [0.1, 0.15) is 5.75 Å². The van der Waals surface area contributed by atoms with Crippen LogP contribution < -0.4 is 15.0 Å². The van der Waals surface area contributed by atoms with E-state index in [2.05, 4.69) is 22.3 Å². The summed E-state index contributed by atoms with van der Waals surface area (Å²) < 4.78 is 5.49. The average molecular weight is 402 g/mol. The van der Waals surface area contributed by atoms with Gasteiger partial charge in [-0.3, -0.25) is 9.59 Å². The average Bonchev–Trinajstić information content (AvgIpc) is 2.72. The zero-order chi connectivity index (χ0) is 19.9. The molecular weight excluding hydrogens is 378 g/mol. The lowest BCUT2D eigenvalue weighted by Gasteiger charge is -2.36. The summed E-state index contributed by atoms with van der Waals surface area (Å²) in [6.45, 7) is 4.54. The molecule has 0 radical (unpaired) electrons. The number of hydrogen-bond acceptors (Lipinski definition) is 4. The van der Waals surface area contributed by atoms with Gasteiger partial charge in [-0.1, -0.05) is 29.8 Å². The Morgan fingerprint density at radius 3 is 2.46 bits per heavy atom. The molecule has 1 saturated heterocycles. The van der Waals surface area contributed by atoms with Crippen LogP contribution in [0.1, 0.15) is 5.56 Å². The molecule has 2 aromatic rings. The van der Waals surface area contributed by atoms with Crippen molar-refractivity contribution >= 4 is 29.1 Å². The van der Waals surface area contributed by atoms with Gasteiger partial charge in [0.05, 0.1) is 6.54 Å². The maximum atomic E-state index is 12.3. The van der Waals surface area contributed by atoms with Gasteiger partial charge < -0.3 is 19.9 Å². The molecule has 1 aliphatic heterocycles. The first-order valence-electron chi connectivity index (χ1n) is 9.26. The van der Waals surface area contributed by atoms with Crippen LogP contribution in [0, 0.1) is 6.92 Å². The van der Waals surface area contributed by atoms with Gasteiger partial charge >= 0.3 is 0 Å². The number of para-hydroxylation sites is 1. The molecule has 1 heterocycles. The summed E-state index contributed by atoms with van der Waals surface area (Å²) in [5.41, 5.74) is 2.02. The van der Waals surface area contributed by atoms with Gasteiger partial charge in [0.25, 0.3) is 5.91 Å². The van der Waals surface area contributed by atoms with Crippen molar-refractivity contribution in [2.24, 2.45) is 0 Å². The van der Waals surface area contributed by atoms with E-state index in [1.165, 1.54) is 0 Å². The Hall–Kier alpha value is -2.73. The van der Waals surface area contributed by atoms with Gasteiger partial charge in [0, 0.05) is 36.9 Å². The zero-order valence-corrected chi connectivity index (χ0v) is 16.6. The molecule has 0 unspecified atom stereocenters. The minimum Gasteiger partial charge on any atom is -0.484 e. The third-order valence-corrected chi connectivity index (χ3v) is 4.92. The lowest BCUT2D eigenvalue weighted by molar-refractivity contribution is -0.133. The summed E-state index contributed by atoms with van der Waals surface area (Å²) in [5.74, 6) is 0.192. The molecule has 2 amide bonds. The molecule has 3 rings (SSSR count). The van der Waals surface area contributed by atoms with Crippen LogP contribution in [0.4, 0.5) is 5.69 Å². The minimum absolute atomic E-state index is 0.0207. The number of nitrogens with zero attached hydrogens (tertiary/aromatic N) is 2. The highest BCUT2D eigenvalue weighted by atomic mass is 35.5. The van der Waals surface area contributed by atoms with E-state index in [0.29, 0.717) is 23.9 Å².